The van der Waals surface area contributed by atoms with E-state index < -0.39 is 4.92 Å². The minimum Gasteiger partial charge on any atom is -0.258 e. The number of halogens is 2. The third kappa shape index (κ3) is 3.22. The molecule has 0 radical (unpaired) electrons. The van der Waals surface area contributed by atoms with Crippen molar-refractivity contribution in [2.24, 2.45) is 0 Å². The zero-order chi connectivity index (χ0) is 11.4. The summed E-state index contributed by atoms with van der Waals surface area (Å²) < 4.78 is 0. The molecule has 82 valence electrons. The summed E-state index contributed by atoms with van der Waals surface area (Å²) in [6.07, 6.45) is 0.985. The first-order valence-corrected chi connectivity index (χ1v) is 5.93. The van der Waals surface area contributed by atoms with Crippen LogP contribution in [0.2, 0.25) is 10.2 Å². The van der Waals surface area contributed by atoms with Crippen LogP contribution in [-0.2, 0) is 0 Å². The molecule has 15 heavy (non-hydrogen) atoms. The van der Waals surface area contributed by atoms with Gasteiger partial charge in [0.05, 0.1) is 9.95 Å². The Morgan fingerprint density at radius 2 is 2.27 bits per heavy atom. The van der Waals surface area contributed by atoms with Crippen LogP contribution >= 0.6 is 35.0 Å². The summed E-state index contributed by atoms with van der Waals surface area (Å²) in [7, 11) is 0. The molecule has 1 aromatic heterocycles. The van der Waals surface area contributed by atoms with E-state index in [4.69, 9.17) is 23.2 Å². The number of rotatable bonds is 4. The lowest BCUT2D eigenvalue weighted by atomic mass is 10.4. The molecule has 1 rings (SSSR count). The lowest BCUT2D eigenvalue weighted by Gasteiger charge is -2.02. The monoisotopic (exact) mass is 266 g/mol. The number of thioether (sulfide) groups is 1. The topological polar surface area (TPSA) is 56.0 Å². The minimum absolute atomic E-state index is 0.0265. The van der Waals surface area contributed by atoms with Gasteiger partial charge in [0.25, 0.3) is 0 Å². The zero-order valence-corrected chi connectivity index (χ0v) is 10.2. The van der Waals surface area contributed by atoms with Gasteiger partial charge in [-0.2, -0.15) is 0 Å². The van der Waals surface area contributed by atoms with E-state index in [2.05, 4.69) is 4.98 Å². The molecule has 0 aliphatic heterocycles. The first-order chi connectivity index (χ1) is 7.06. The molecule has 0 aliphatic rings. The fourth-order valence-corrected chi connectivity index (χ4v) is 2.36. The molecule has 0 unspecified atom stereocenters. The Kier molecular flexibility index (Phi) is 4.63. The molecule has 0 spiro atoms. The summed E-state index contributed by atoms with van der Waals surface area (Å²) in [6.45, 7) is 2.03. The molecule has 0 aromatic carbocycles. The van der Waals surface area contributed by atoms with Gasteiger partial charge in [0.15, 0.2) is 0 Å². The number of hydrogen-bond donors (Lipinski definition) is 0. The van der Waals surface area contributed by atoms with E-state index in [1.807, 2.05) is 6.92 Å². The summed E-state index contributed by atoms with van der Waals surface area (Å²) in [4.78, 5) is 13.8. The van der Waals surface area contributed by atoms with Gasteiger partial charge in [-0.1, -0.05) is 30.1 Å². The average molecular weight is 267 g/mol. The summed E-state index contributed by atoms with van der Waals surface area (Å²) in [6, 6.07) is 1.46. The van der Waals surface area contributed by atoms with Gasteiger partial charge in [-0.05, 0) is 18.2 Å². The maximum Gasteiger partial charge on any atom is 0.324 e. The fourth-order valence-electron chi connectivity index (χ4n) is 0.900. The van der Waals surface area contributed by atoms with Crippen LogP contribution < -0.4 is 0 Å². The molecule has 1 aromatic rings. The van der Waals surface area contributed by atoms with Gasteiger partial charge in [0, 0.05) is 0 Å². The Hall–Kier alpha value is -0.520. The molecule has 1 heterocycles. The largest absolute Gasteiger partial charge is 0.324 e. The third-order valence-corrected chi connectivity index (χ3v) is 3.19. The van der Waals surface area contributed by atoms with Crippen LogP contribution in [0.25, 0.3) is 0 Å². The van der Waals surface area contributed by atoms with Gasteiger partial charge in [-0.15, -0.1) is 11.8 Å². The Morgan fingerprint density at radius 3 is 2.73 bits per heavy atom. The quantitative estimate of drug-likeness (QED) is 0.360. The van der Waals surface area contributed by atoms with E-state index in [9.17, 15) is 10.1 Å². The van der Waals surface area contributed by atoms with Gasteiger partial charge >= 0.3 is 5.69 Å². The van der Waals surface area contributed by atoms with Gasteiger partial charge in [-0.3, -0.25) is 10.1 Å². The minimum atomic E-state index is -0.633. The molecule has 0 saturated heterocycles. The lowest BCUT2D eigenvalue weighted by Crippen LogP contribution is -1.94. The standard InChI is InChI=1S/C8H8Cl2N2O2S/c1-2-3-15-6-4-5(9)7(12(13)14)8(10)11-6/h4H,2-3H2,1H3. The van der Waals surface area contributed by atoms with Crippen molar-refractivity contribution in [3.8, 4) is 0 Å². The van der Waals surface area contributed by atoms with Crippen molar-refractivity contribution in [2.75, 3.05) is 5.75 Å². The van der Waals surface area contributed by atoms with E-state index in [1.54, 1.807) is 0 Å². The Labute approximate surface area is 101 Å². The van der Waals surface area contributed by atoms with Crippen molar-refractivity contribution in [3.63, 3.8) is 0 Å². The third-order valence-electron chi connectivity index (χ3n) is 1.52. The molecule has 0 saturated carbocycles. The predicted molar refractivity (Wildman–Crippen MR) is 61.9 cm³/mol. The summed E-state index contributed by atoms with van der Waals surface area (Å²) in [5.74, 6) is 0.872. The highest BCUT2D eigenvalue weighted by atomic mass is 35.5. The second kappa shape index (κ2) is 5.53. The number of pyridine rings is 1. The first-order valence-electron chi connectivity index (χ1n) is 4.19. The van der Waals surface area contributed by atoms with Crippen LogP contribution in [-0.4, -0.2) is 15.7 Å². The molecule has 0 bridgehead atoms. The van der Waals surface area contributed by atoms with Crippen molar-refractivity contribution in [1.29, 1.82) is 0 Å². The number of aromatic nitrogens is 1. The van der Waals surface area contributed by atoms with E-state index in [0.717, 1.165) is 12.2 Å². The van der Waals surface area contributed by atoms with Crippen LogP contribution in [0.5, 0.6) is 0 Å². The highest BCUT2D eigenvalue weighted by Crippen LogP contribution is 2.34. The smallest absolute Gasteiger partial charge is 0.258 e. The van der Waals surface area contributed by atoms with Crippen LogP contribution in [0.4, 0.5) is 5.69 Å². The Balaban J connectivity index is 3.03. The van der Waals surface area contributed by atoms with Crippen LogP contribution in [0.1, 0.15) is 13.3 Å². The Bertz CT molecular complexity index is 364. The van der Waals surface area contributed by atoms with Crippen LogP contribution in [0.15, 0.2) is 11.1 Å². The van der Waals surface area contributed by atoms with Crippen molar-refractivity contribution in [1.82, 2.24) is 4.98 Å². The molecule has 0 amide bonds. The van der Waals surface area contributed by atoms with E-state index in [-0.39, 0.29) is 15.9 Å². The van der Waals surface area contributed by atoms with Gasteiger partial charge in [-0.25, -0.2) is 4.98 Å². The highest BCUT2D eigenvalue weighted by Gasteiger charge is 2.20. The van der Waals surface area contributed by atoms with Crippen molar-refractivity contribution >= 4 is 40.7 Å². The number of nitrogens with zero attached hydrogens (tertiary/aromatic N) is 2. The normalized spacial score (nSPS) is 10.3. The molecule has 0 aliphatic carbocycles. The fraction of sp³-hybridized carbons (Fsp3) is 0.375. The van der Waals surface area contributed by atoms with Gasteiger partial charge < -0.3 is 0 Å². The second-order valence-electron chi connectivity index (χ2n) is 2.69. The van der Waals surface area contributed by atoms with Gasteiger partial charge in [0.1, 0.15) is 5.02 Å². The van der Waals surface area contributed by atoms with Crippen molar-refractivity contribution in [3.05, 3.63) is 26.4 Å². The highest BCUT2D eigenvalue weighted by molar-refractivity contribution is 7.99. The Morgan fingerprint density at radius 1 is 1.60 bits per heavy atom. The number of nitro groups is 1. The SMILES string of the molecule is CCCSc1cc(Cl)c([N+](=O)[O-])c(Cl)n1. The summed E-state index contributed by atoms with van der Waals surface area (Å²) >= 11 is 12.9. The average Bonchev–Trinajstić information content (AvgIpc) is 2.12. The van der Waals surface area contributed by atoms with Crippen LogP contribution in [0, 0.1) is 10.1 Å². The van der Waals surface area contributed by atoms with Crippen molar-refractivity contribution < 1.29 is 4.92 Å². The van der Waals surface area contributed by atoms with E-state index >= 15 is 0 Å². The molecule has 0 atom stereocenters. The molecular weight excluding hydrogens is 259 g/mol. The molecule has 7 heteroatoms. The molecule has 0 N–H and O–H groups in total. The van der Waals surface area contributed by atoms with Gasteiger partial charge in [0.2, 0.25) is 5.15 Å². The van der Waals surface area contributed by atoms with Crippen molar-refractivity contribution in [2.45, 2.75) is 18.4 Å². The maximum absolute atomic E-state index is 10.6. The summed E-state index contributed by atoms with van der Waals surface area (Å²) in [5, 5.41) is 11.0. The number of hydrogen-bond acceptors (Lipinski definition) is 4. The molecule has 4 nitrogen and oxygen atoms in total. The van der Waals surface area contributed by atoms with Crippen LogP contribution in [0.3, 0.4) is 0 Å². The van der Waals surface area contributed by atoms with E-state index in [0.29, 0.717) is 5.03 Å². The maximum atomic E-state index is 10.6. The first kappa shape index (κ1) is 12.5. The molecule has 0 fully saturated rings. The van der Waals surface area contributed by atoms with E-state index in [1.165, 1.54) is 17.8 Å². The second-order valence-corrected chi connectivity index (χ2v) is 4.57. The molecular formula is C8H8Cl2N2O2S. The zero-order valence-electron chi connectivity index (χ0n) is 7.87. The lowest BCUT2D eigenvalue weighted by molar-refractivity contribution is -0.384. The summed E-state index contributed by atoms with van der Waals surface area (Å²) in [5.41, 5.74) is -0.334. The predicted octanol–water partition coefficient (Wildman–Crippen LogP) is 3.80.